The van der Waals surface area contributed by atoms with E-state index in [1.54, 1.807) is 13.3 Å². The molecule has 0 heterocycles. The van der Waals surface area contributed by atoms with Crippen molar-refractivity contribution >= 4 is 28.1 Å². The van der Waals surface area contributed by atoms with Crippen LogP contribution in [0.15, 0.2) is 52.0 Å². The summed E-state index contributed by atoms with van der Waals surface area (Å²) in [4.78, 5) is 11.8. The summed E-state index contributed by atoms with van der Waals surface area (Å²) in [6.07, 6.45) is 1.86. The molecule has 0 fully saturated rings. The van der Waals surface area contributed by atoms with Gasteiger partial charge in [0.1, 0.15) is 5.75 Å². The van der Waals surface area contributed by atoms with Crippen molar-refractivity contribution in [2.75, 3.05) is 7.11 Å². The molecule has 4 nitrogen and oxygen atoms in total. The normalized spacial score (nSPS) is 10.7. The summed E-state index contributed by atoms with van der Waals surface area (Å²) in [5.74, 6) is 0.536. The van der Waals surface area contributed by atoms with Crippen molar-refractivity contribution < 1.29 is 9.53 Å². The fourth-order valence-corrected chi connectivity index (χ4v) is 2.29. The van der Waals surface area contributed by atoms with Crippen LogP contribution < -0.4 is 10.2 Å². The highest BCUT2D eigenvalue weighted by atomic mass is 79.9. The molecular weight excluding hydrogens is 344 g/mol. The molecule has 0 unspecified atom stereocenters. The summed E-state index contributed by atoms with van der Waals surface area (Å²) in [5.41, 5.74) is 5.44. The lowest BCUT2D eigenvalue weighted by Crippen LogP contribution is -2.19. The van der Waals surface area contributed by atoms with Gasteiger partial charge in [-0.05, 0) is 30.7 Å². The average molecular weight is 361 g/mol. The number of aryl methyl sites for hydroxylation is 1. The van der Waals surface area contributed by atoms with Gasteiger partial charge in [0, 0.05) is 10.0 Å². The molecule has 0 spiro atoms. The number of ether oxygens (including phenoxy) is 1. The highest BCUT2D eigenvalue weighted by Gasteiger charge is 2.03. The van der Waals surface area contributed by atoms with E-state index in [0.29, 0.717) is 12.2 Å². The first-order chi connectivity index (χ1) is 10.6. The van der Waals surface area contributed by atoms with Gasteiger partial charge in [0.15, 0.2) is 0 Å². The van der Waals surface area contributed by atoms with E-state index in [1.807, 2.05) is 49.4 Å². The van der Waals surface area contributed by atoms with Crippen LogP contribution in [0.4, 0.5) is 0 Å². The van der Waals surface area contributed by atoms with Gasteiger partial charge in [-0.1, -0.05) is 45.8 Å². The molecule has 0 aliphatic carbocycles. The third kappa shape index (κ3) is 4.70. The molecule has 114 valence electrons. The number of hydrogen-bond donors (Lipinski definition) is 1. The van der Waals surface area contributed by atoms with E-state index in [9.17, 15) is 4.79 Å². The van der Waals surface area contributed by atoms with Gasteiger partial charge in [-0.2, -0.15) is 5.10 Å². The maximum absolute atomic E-state index is 11.8. The summed E-state index contributed by atoms with van der Waals surface area (Å²) in [5, 5.41) is 3.98. The van der Waals surface area contributed by atoms with Gasteiger partial charge in [-0.15, -0.1) is 0 Å². The van der Waals surface area contributed by atoms with Gasteiger partial charge in [-0.3, -0.25) is 4.79 Å². The zero-order valence-electron chi connectivity index (χ0n) is 12.5. The lowest BCUT2D eigenvalue weighted by atomic mass is 10.1. The second-order valence-corrected chi connectivity index (χ2v) is 5.76. The van der Waals surface area contributed by atoms with E-state index in [2.05, 4.69) is 26.5 Å². The summed E-state index contributed by atoms with van der Waals surface area (Å²) in [6.45, 7) is 2.01. The zero-order valence-corrected chi connectivity index (χ0v) is 14.1. The number of carbonyl (C=O) groups excluding carboxylic acids is 1. The lowest BCUT2D eigenvalue weighted by Gasteiger charge is -2.05. The van der Waals surface area contributed by atoms with E-state index < -0.39 is 0 Å². The standard InChI is InChI=1S/C17H17BrN2O2/c1-12-3-5-13(6-4-12)9-17(21)20-19-11-14-10-15(18)7-8-16(14)22-2/h3-8,10-11H,9H2,1-2H3,(H,20,21)/b19-11+. The second kappa shape index (κ2) is 7.75. The third-order valence-electron chi connectivity index (χ3n) is 3.07. The Bertz CT molecular complexity index is 682. The van der Waals surface area contributed by atoms with Crippen LogP contribution in [0.25, 0.3) is 0 Å². The minimum Gasteiger partial charge on any atom is -0.496 e. The van der Waals surface area contributed by atoms with Crippen molar-refractivity contribution in [2.45, 2.75) is 13.3 Å². The summed E-state index contributed by atoms with van der Waals surface area (Å²) in [6, 6.07) is 13.4. The number of carbonyl (C=O) groups is 1. The van der Waals surface area contributed by atoms with Crippen LogP contribution in [0.3, 0.4) is 0 Å². The Kier molecular flexibility index (Phi) is 5.72. The minimum atomic E-state index is -0.158. The number of nitrogens with zero attached hydrogens (tertiary/aromatic N) is 1. The van der Waals surface area contributed by atoms with Crippen LogP contribution in [0.5, 0.6) is 5.75 Å². The predicted molar refractivity (Wildman–Crippen MR) is 91.3 cm³/mol. The summed E-state index contributed by atoms with van der Waals surface area (Å²) < 4.78 is 6.16. The molecule has 0 saturated carbocycles. The van der Waals surface area contributed by atoms with Crippen LogP contribution in [-0.4, -0.2) is 19.2 Å². The van der Waals surface area contributed by atoms with E-state index in [4.69, 9.17) is 4.74 Å². The third-order valence-corrected chi connectivity index (χ3v) is 3.56. The predicted octanol–water partition coefficient (Wildman–Crippen LogP) is 3.46. The number of methoxy groups -OCH3 is 1. The van der Waals surface area contributed by atoms with Gasteiger partial charge < -0.3 is 4.74 Å². The number of hydrogen-bond acceptors (Lipinski definition) is 3. The van der Waals surface area contributed by atoms with Gasteiger partial charge in [-0.25, -0.2) is 5.43 Å². The topological polar surface area (TPSA) is 50.7 Å². The van der Waals surface area contributed by atoms with E-state index in [1.165, 1.54) is 5.56 Å². The van der Waals surface area contributed by atoms with Crippen molar-refractivity contribution in [2.24, 2.45) is 5.10 Å². The fraction of sp³-hybridized carbons (Fsp3) is 0.176. The van der Waals surface area contributed by atoms with E-state index >= 15 is 0 Å². The molecule has 0 atom stereocenters. The van der Waals surface area contributed by atoms with Crippen molar-refractivity contribution in [1.29, 1.82) is 0 Å². The number of benzene rings is 2. The quantitative estimate of drug-likeness (QED) is 0.655. The molecule has 1 amide bonds. The maximum atomic E-state index is 11.8. The average Bonchev–Trinajstić information content (AvgIpc) is 2.50. The Balaban J connectivity index is 1.96. The number of halogens is 1. The number of nitrogens with one attached hydrogen (secondary N) is 1. The molecule has 2 rings (SSSR count). The van der Waals surface area contributed by atoms with Crippen LogP contribution >= 0.6 is 15.9 Å². The molecule has 0 saturated heterocycles. The fourth-order valence-electron chi connectivity index (χ4n) is 1.91. The molecule has 0 bridgehead atoms. The molecule has 0 aliphatic heterocycles. The smallest absolute Gasteiger partial charge is 0.244 e. The number of amides is 1. The van der Waals surface area contributed by atoms with Crippen LogP contribution in [0.1, 0.15) is 16.7 Å². The van der Waals surface area contributed by atoms with Crippen LogP contribution in [0, 0.1) is 6.92 Å². The van der Waals surface area contributed by atoms with E-state index in [-0.39, 0.29) is 5.91 Å². The zero-order chi connectivity index (χ0) is 15.9. The Morgan fingerprint density at radius 2 is 2.00 bits per heavy atom. The van der Waals surface area contributed by atoms with Crippen molar-refractivity contribution in [1.82, 2.24) is 5.43 Å². The second-order valence-electron chi connectivity index (χ2n) is 4.84. The lowest BCUT2D eigenvalue weighted by molar-refractivity contribution is -0.120. The van der Waals surface area contributed by atoms with Crippen molar-refractivity contribution in [3.05, 3.63) is 63.6 Å². The van der Waals surface area contributed by atoms with Crippen molar-refractivity contribution in [3.63, 3.8) is 0 Å². The maximum Gasteiger partial charge on any atom is 0.244 e. The monoisotopic (exact) mass is 360 g/mol. The molecule has 0 aliphatic rings. The summed E-state index contributed by atoms with van der Waals surface area (Å²) >= 11 is 3.39. The first kappa shape index (κ1) is 16.2. The molecule has 0 radical (unpaired) electrons. The molecule has 1 N–H and O–H groups in total. The molecule has 22 heavy (non-hydrogen) atoms. The van der Waals surface area contributed by atoms with Crippen molar-refractivity contribution in [3.8, 4) is 5.75 Å². The van der Waals surface area contributed by atoms with Gasteiger partial charge in [0.2, 0.25) is 5.91 Å². The highest BCUT2D eigenvalue weighted by Crippen LogP contribution is 2.21. The summed E-state index contributed by atoms with van der Waals surface area (Å²) in [7, 11) is 1.59. The molecular formula is C17H17BrN2O2. The van der Waals surface area contributed by atoms with Gasteiger partial charge in [0.25, 0.3) is 0 Å². The minimum absolute atomic E-state index is 0.158. The Morgan fingerprint density at radius 1 is 1.27 bits per heavy atom. The first-order valence-electron chi connectivity index (χ1n) is 6.79. The molecule has 5 heteroatoms. The van der Waals surface area contributed by atoms with E-state index in [0.717, 1.165) is 15.6 Å². The van der Waals surface area contributed by atoms with Gasteiger partial charge >= 0.3 is 0 Å². The molecule has 2 aromatic rings. The molecule has 0 aromatic heterocycles. The number of hydrazone groups is 1. The largest absolute Gasteiger partial charge is 0.496 e. The molecule has 2 aromatic carbocycles. The Morgan fingerprint density at radius 3 is 2.68 bits per heavy atom. The number of rotatable bonds is 5. The Labute approximate surface area is 138 Å². The van der Waals surface area contributed by atoms with Crippen LogP contribution in [0.2, 0.25) is 0 Å². The Hall–Kier alpha value is -2.14. The van der Waals surface area contributed by atoms with Crippen LogP contribution in [-0.2, 0) is 11.2 Å². The first-order valence-corrected chi connectivity index (χ1v) is 7.59. The highest BCUT2D eigenvalue weighted by molar-refractivity contribution is 9.10. The van der Waals surface area contributed by atoms with Gasteiger partial charge in [0.05, 0.1) is 19.7 Å². The SMILES string of the molecule is COc1ccc(Br)cc1/C=N/NC(=O)Cc1ccc(C)cc1.